The third-order valence-electron chi connectivity index (χ3n) is 1.50. The molecule has 1 unspecified atom stereocenters. The fraction of sp³-hybridized carbons (Fsp3) is 0.455. The third-order valence-corrected chi connectivity index (χ3v) is 2.45. The van der Waals surface area contributed by atoms with E-state index < -0.39 is 0 Å². The molecule has 1 aromatic rings. The van der Waals surface area contributed by atoms with E-state index in [1.54, 1.807) is 0 Å². The number of rotatable bonds is 2. The summed E-state index contributed by atoms with van der Waals surface area (Å²) in [7, 11) is 0.516. The highest BCUT2D eigenvalue weighted by atomic mass is 35.5. The van der Waals surface area contributed by atoms with Crippen molar-refractivity contribution in [1.29, 1.82) is 0 Å². The lowest BCUT2D eigenvalue weighted by Crippen LogP contribution is -2.06. The molecule has 80 valence electrons. The van der Waals surface area contributed by atoms with Crippen LogP contribution in [-0.4, -0.2) is 5.16 Å². The molecule has 0 fully saturated rings. The van der Waals surface area contributed by atoms with E-state index in [1.165, 1.54) is 5.56 Å². The van der Waals surface area contributed by atoms with E-state index in [0.29, 0.717) is 8.81 Å². The Morgan fingerprint density at radius 3 is 2.00 bits per heavy atom. The summed E-state index contributed by atoms with van der Waals surface area (Å²) in [6, 6.07) is 8.19. The van der Waals surface area contributed by atoms with Crippen LogP contribution in [0, 0.1) is 6.92 Å². The van der Waals surface area contributed by atoms with Crippen LogP contribution in [-0.2, 0) is 0 Å². The highest BCUT2D eigenvalue weighted by molar-refractivity contribution is 7.34. The molecule has 0 radical (unpaired) electrons. The molecule has 0 saturated carbocycles. The van der Waals surface area contributed by atoms with Gasteiger partial charge in [0.1, 0.15) is 5.75 Å². The minimum atomic E-state index is 0. The first kappa shape index (κ1) is 13.7. The van der Waals surface area contributed by atoms with Gasteiger partial charge in [0.05, 0.1) is 8.81 Å². The van der Waals surface area contributed by atoms with Crippen LogP contribution in [0.15, 0.2) is 24.3 Å². The predicted molar refractivity (Wildman–Crippen MR) is 67.1 cm³/mol. The van der Waals surface area contributed by atoms with Crippen LogP contribution in [0.1, 0.15) is 26.3 Å². The standard InChI is InChI=1S/C11H17OP.ClH/c1-9-5-7-10(8-6-9)12-13-11(2,3)4;/h5-8,13H,1-4H3;1H. The second-order valence-electron chi connectivity index (χ2n) is 4.27. The molecule has 1 rings (SSSR count). The number of benzene rings is 1. The summed E-state index contributed by atoms with van der Waals surface area (Å²) in [4.78, 5) is 0. The van der Waals surface area contributed by atoms with Crippen molar-refractivity contribution in [3.8, 4) is 5.75 Å². The topological polar surface area (TPSA) is 9.23 Å². The summed E-state index contributed by atoms with van der Waals surface area (Å²) < 4.78 is 5.65. The molecule has 14 heavy (non-hydrogen) atoms. The van der Waals surface area contributed by atoms with Crippen molar-refractivity contribution in [1.82, 2.24) is 0 Å². The summed E-state index contributed by atoms with van der Waals surface area (Å²) in [6.07, 6.45) is 0. The predicted octanol–water partition coefficient (Wildman–Crippen LogP) is 4.19. The summed E-state index contributed by atoms with van der Waals surface area (Å²) in [6.45, 7) is 8.62. The van der Waals surface area contributed by atoms with E-state index in [9.17, 15) is 0 Å². The van der Waals surface area contributed by atoms with Gasteiger partial charge in [0.15, 0.2) is 0 Å². The SMILES string of the molecule is Cc1ccc(OPC(C)(C)C)cc1.Cl. The lowest BCUT2D eigenvalue weighted by molar-refractivity contribution is 0.595. The van der Waals surface area contributed by atoms with Gasteiger partial charge in [0.2, 0.25) is 0 Å². The van der Waals surface area contributed by atoms with Crippen molar-refractivity contribution >= 4 is 21.2 Å². The Bertz CT molecular complexity index is 264. The zero-order chi connectivity index (χ0) is 9.90. The van der Waals surface area contributed by atoms with Crippen molar-refractivity contribution in [3.05, 3.63) is 29.8 Å². The minimum absolute atomic E-state index is 0. The normalized spacial score (nSPS) is 11.4. The maximum absolute atomic E-state index is 5.65. The Morgan fingerprint density at radius 2 is 1.57 bits per heavy atom. The first-order valence-corrected chi connectivity index (χ1v) is 5.39. The second-order valence-corrected chi connectivity index (χ2v) is 6.18. The van der Waals surface area contributed by atoms with Gasteiger partial charge in [-0.2, -0.15) is 0 Å². The molecule has 1 aromatic carbocycles. The van der Waals surface area contributed by atoms with Gasteiger partial charge in [-0.1, -0.05) is 38.5 Å². The van der Waals surface area contributed by atoms with Gasteiger partial charge in [0, 0.05) is 5.16 Å². The highest BCUT2D eigenvalue weighted by Gasteiger charge is 2.11. The Labute approximate surface area is 94.5 Å². The molecule has 1 nitrogen and oxygen atoms in total. The van der Waals surface area contributed by atoms with Crippen LogP contribution in [0.4, 0.5) is 0 Å². The van der Waals surface area contributed by atoms with E-state index in [1.807, 2.05) is 12.1 Å². The second kappa shape index (κ2) is 5.58. The molecule has 0 spiro atoms. The molecule has 0 amide bonds. The number of halogens is 1. The molecule has 0 aliphatic carbocycles. The largest absolute Gasteiger partial charge is 0.477 e. The van der Waals surface area contributed by atoms with Crippen molar-refractivity contribution in [2.75, 3.05) is 0 Å². The van der Waals surface area contributed by atoms with Gasteiger partial charge in [-0.25, -0.2) is 0 Å². The zero-order valence-corrected chi connectivity index (χ0v) is 10.9. The molecule has 3 heteroatoms. The maximum atomic E-state index is 5.65. The van der Waals surface area contributed by atoms with Crippen LogP contribution in [0.2, 0.25) is 0 Å². The summed E-state index contributed by atoms with van der Waals surface area (Å²) in [5.41, 5.74) is 1.27. The molecule has 0 aromatic heterocycles. The molecule has 0 bridgehead atoms. The number of hydrogen-bond acceptors (Lipinski definition) is 1. The van der Waals surface area contributed by atoms with Crippen LogP contribution < -0.4 is 4.52 Å². The average Bonchev–Trinajstić information content (AvgIpc) is 2.02. The Morgan fingerprint density at radius 1 is 1.07 bits per heavy atom. The van der Waals surface area contributed by atoms with Crippen molar-refractivity contribution in [2.45, 2.75) is 32.9 Å². The summed E-state index contributed by atoms with van der Waals surface area (Å²) >= 11 is 0. The van der Waals surface area contributed by atoms with Crippen LogP contribution >= 0.6 is 21.2 Å². The van der Waals surface area contributed by atoms with Gasteiger partial charge >= 0.3 is 0 Å². The first-order chi connectivity index (χ1) is 5.97. The van der Waals surface area contributed by atoms with E-state index in [2.05, 4.69) is 39.8 Å². The molecular formula is C11H18ClOP. The lowest BCUT2D eigenvalue weighted by atomic mass is 10.2. The molecule has 0 aliphatic heterocycles. The number of hydrogen-bond donors (Lipinski definition) is 0. The quantitative estimate of drug-likeness (QED) is 0.695. The Kier molecular flexibility index (Phi) is 5.48. The Hall–Kier alpha value is -0.260. The van der Waals surface area contributed by atoms with Crippen molar-refractivity contribution in [2.24, 2.45) is 0 Å². The lowest BCUT2D eigenvalue weighted by Gasteiger charge is -2.18. The summed E-state index contributed by atoms with van der Waals surface area (Å²) in [5, 5.41) is 0.255. The smallest absolute Gasteiger partial charge is 0.122 e. The maximum Gasteiger partial charge on any atom is 0.122 e. The van der Waals surface area contributed by atoms with Gasteiger partial charge in [-0.3, -0.25) is 0 Å². The molecule has 0 heterocycles. The Balaban J connectivity index is 0.00000169. The fourth-order valence-corrected chi connectivity index (χ4v) is 1.38. The van der Waals surface area contributed by atoms with Crippen molar-refractivity contribution < 1.29 is 4.52 Å². The molecule has 1 atom stereocenters. The molecule has 0 saturated heterocycles. The first-order valence-electron chi connectivity index (χ1n) is 4.48. The van der Waals surface area contributed by atoms with Crippen LogP contribution in [0.25, 0.3) is 0 Å². The van der Waals surface area contributed by atoms with E-state index >= 15 is 0 Å². The van der Waals surface area contributed by atoms with E-state index in [4.69, 9.17) is 4.52 Å². The monoisotopic (exact) mass is 232 g/mol. The molecule has 0 N–H and O–H groups in total. The summed E-state index contributed by atoms with van der Waals surface area (Å²) in [5.74, 6) is 0.971. The molecule has 0 aliphatic rings. The molecular weight excluding hydrogens is 215 g/mol. The zero-order valence-electron chi connectivity index (χ0n) is 9.13. The van der Waals surface area contributed by atoms with Crippen LogP contribution in [0.3, 0.4) is 0 Å². The van der Waals surface area contributed by atoms with Gasteiger partial charge in [-0.15, -0.1) is 12.4 Å². The fourth-order valence-electron chi connectivity index (χ4n) is 0.818. The van der Waals surface area contributed by atoms with Gasteiger partial charge in [0.25, 0.3) is 0 Å². The number of aryl methyl sites for hydroxylation is 1. The average molecular weight is 233 g/mol. The van der Waals surface area contributed by atoms with E-state index in [-0.39, 0.29) is 17.6 Å². The van der Waals surface area contributed by atoms with E-state index in [0.717, 1.165) is 5.75 Å². The van der Waals surface area contributed by atoms with Crippen LogP contribution in [0.5, 0.6) is 5.75 Å². The highest BCUT2D eigenvalue weighted by Crippen LogP contribution is 2.32. The van der Waals surface area contributed by atoms with Gasteiger partial charge < -0.3 is 4.52 Å². The van der Waals surface area contributed by atoms with Gasteiger partial charge in [-0.05, 0) is 19.1 Å². The third kappa shape index (κ3) is 5.47. The van der Waals surface area contributed by atoms with Crippen molar-refractivity contribution in [3.63, 3.8) is 0 Å². The minimum Gasteiger partial charge on any atom is -0.477 e.